The number of amides is 2. The van der Waals surface area contributed by atoms with E-state index < -0.39 is 16.4 Å². The van der Waals surface area contributed by atoms with Gasteiger partial charge in [-0.1, -0.05) is 19.6 Å². The van der Waals surface area contributed by atoms with Gasteiger partial charge >= 0.3 is 5.69 Å². The molecule has 3 aliphatic rings. The summed E-state index contributed by atoms with van der Waals surface area (Å²) in [5.74, 6) is -2.31. The summed E-state index contributed by atoms with van der Waals surface area (Å²) in [6.07, 6.45) is 4.74. The van der Waals surface area contributed by atoms with Crippen LogP contribution in [0.3, 0.4) is 0 Å². The van der Waals surface area contributed by atoms with Gasteiger partial charge in [-0.2, -0.15) is 4.39 Å². The van der Waals surface area contributed by atoms with Crippen LogP contribution in [0.4, 0.5) is 15.8 Å². The fourth-order valence-electron chi connectivity index (χ4n) is 3.94. The van der Waals surface area contributed by atoms with E-state index in [2.05, 4.69) is 0 Å². The van der Waals surface area contributed by atoms with E-state index in [1.54, 1.807) is 0 Å². The monoisotopic (exact) mass is 318 g/mol. The summed E-state index contributed by atoms with van der Waals surface area (Å²) in [4.78, 5) is 36.1. The normalized spacial score (nSPS) is 30.6. The molecule has 2 aliphatic carbocycles. The fraction of sp³-hybridized carbons (Fsp3) is 0.375. The minimum absolute atomic E-state index is 0. The van der Waals surface area contributed by atoms with E-state index in [1.807, 2.05) is 12.2 Å². The second-order valence-corrected chi connectivity index (χ2v) is 5.90. The number of rotatable bonds is 2. The SMILES string of the molecule is C.O=C1[C@@H]2[C@H](C(=O)N1c1ccc(F)c([N+](=O)[O-])c1)[C@@H]1C=C[C@H]2C1. The Morgan fingerprint density at radius 2 is 1.70 bits per heavy atom. The van der Waals surface area contributed by atoms with Gasteiger partial charge in [-0.3, -0.25) is 19.7 Å². The fourth-order valence-corrected chi connectivity index (χ4v) is 3.94. The molecule has 0 unspecified atom stereocenters. The van der Waals surface area contributed by atoms with E-state index >= 15 is 0 Å². The van der Waals surface area contributed by atoms with E-state index in [0.29, 0.717) is 0 Å². The average molecular weight is 318 g/mol. The third-order valence-corrected chi connectivity index (χ3v) is 4.85. The lowest BCUT2D eigenvalue weighted by Gasteiger charge is -2.17. The van der Waals surface area contributed by atoms with Gasteiger partial charge in [0.2, 0.25) is 17.6 Å². The van der Waals surface area contributed by atoms with Gasteiger partial charge in [0.15, 0.2) is 0 Å². The van der Waals surface area contributed by atoms with Crippen molar-refractivity contribution in [2.45, 2.75) is 13.8 Å². The zero-order valence-corrected chi connectivity index (χ0v) is 11.3. The highest BCUT2D eigenvalue weighted by atomic mass is 19.1. The number of nitro groups is 1. The Hall–Kier alpha value is -2.57. The second kappa shape index (κ2) is 4.97. The molecule has 120 valence electrons. The Kier molecular flexibility index (Phi) is 3.31. The molecule has 1 saturated heterocycles. The van der Waals surface area contributed by atoms with Crippen LogP contribution in [0.1, 0.15) is 13.8 Å². The molecule has 1 aromatic rings. The smallest absolute Gasteiger partial charge is 0.274 e. The highest BCUT2D eigenvalue weighted by Gasteiger charge is 2.59. The number of nitro benzene ring substituents is 1. The molecule has 1 saturated carbocycles. The van der Waals surface area contributed by atoms with Crippen LogP contribution in [0.2, 0.25) is 0 Å². The number of halogens is 1. The number of hydrogen-bond acceptors (Lipinski definition) is 4. The zero-order valence-electron chi connectivity index (χ0n) is 11.3. The first-order valence-corrected chi connectivity index (χ1v) is 6.99. The molecule has 1 aliphatic heterocycles. The topological polar surface area (TPSA) is 80.5 Å². The lowest BCUT2D eigenvalue weighted by atomic mass is 9.85. The van der Waals surface area contributed by atoms with Gasteiger partial charge in [0.25, 0.3) is 0 Å². The number of nitrogens with zero attached hydrogens (tertiary/aromatic N) is 2. The molecule has 1 heterocycles. The molecule has 0 radical (unpaired) electrons. The number of fused-ring (bicyclic) bond motifs is 5. The molecule has 0 N–H and O–H groups in total. The van der Waals surface area contributed by atoms with Crippen molar-refractivity contribution in [3.63, 3.8) is 0 Å². The van der Waals surface area contributed by atoms with Gasteiger partial charge in [-0.15, -0.1) is 0 Å². The third kappa shape index (κ3) is 1.92. The standard InChI is InChI=1S/C15H11FN2O4.CH4/c16-10-4-3-9(6-11(10)18(21)22)17-14(19)12-7-1-2-8(5-7)13(12)15(17)20;/h1-4,6-8,12-13H,5H2;1H4/t7-,8+,12-,13+;. The van der Waals surface area contributed by atoms with Crippen molar-refractivity contribution in [1.82, 2.24) is 0 Å². The third-order valence-electron chi connectivity index (χ3n) is 4.85. The number of hydrogen-bond donors (Lipinski definition) is 0. The lowest BCUT2D eigenvalue weighted by Crippen LogP contribution is -2.32. The minimum atomic E-state index is -0.991. The van der Waals surface area contributed by atoms with Crippen molar-refractivity contribution in [3.8, 4) is 0 Å². The van der Waals surface area contributed by atoms with Crippen molar-refractivity contribution in [1.29, 1.82) is 0 Å². The first-order valence-electron chi connectivity index (χ1n) is 6.99. The highest BCUT2D eigenvalue weighted by molar-refractivity contribution is 6.22. The predicted molar refractivity (Wildman–Crippen MR) is 80.0 cm³/mol. The van der Waals surface area contributed by atoms with Crippen LogP contribution >= 0.6 is 0 Å². The molecule has 23 heavy (non-hydrogen) atoms. The van der Waals surface area contributed by atoms with Gasteiger partial charge in [0.05, 0.1) is 22.4 Å². The summed E-state index contributed by atoms with van der Waals surface area (Å²) < 4.78 is 13.4. The van der Waals surface area contributed by atoms with Crippen molar-refractivity contribution in [3.05, 3.63) is 46.3 Å². The molecule has 2 amide bonds. The number of benzene rings is 1. The molecule has 1 aromatic carbocycles. The maximum atomic E-state index is 13.4. The van der Waals surface area contributed by atoms with Crippen LogP contribution < -0.4 is 4.90 Å². The van der Waals surface area contributed by atoms with Gasteiger partial charge < -0.3 is 0 Å². The van der Waals surface area contributed by atoms with Gasteiger partial charge in [0.1, 0.15) is 0 Å². The molecule has 2 fully saturated rings. The van der Waals surface area contributed by atoms with Crippen molar-refractivity contribution < 1.29 is 18.9 Å². The minimum Gasteiger partial charge on any atom is -0.274 e. The molecular weight excluding hydrogens is 303 g/mol. The van der Waals surface area contributed by atoms with Gasteiger partial charge in [-0.25, -0.2) is 4.90 Å². The first kappa shape index (κ1) is 15.3. The highest BCUT2D eigenvalue weighted by Crippen LogP contribution is 2.53. The summed E-state index contributed by atoms with van der Waals surface area (Å²) in [7, 11) is 0. The van der Waals surface area contributed by atoms with E-state index in [0.717, 1.165) is 23.5 Å². The van der Waals surface area contributed by atoms with E-state index in [9.17, 15) is 24.1 Å². The molecule has 0 spiro atoms. The number of allylic oxidation sites excluding steroid dienone is 2. The van der Waals surface area contributed by atoms with Crippen LogP contribution in [0.25, 0.3) is 0 Å². The van der Waals surface area contributed by atoms with Crippen LogP contribution in [0, 0.1) is 39.6 Å². The largest absolute Gasteiger partial charge is 0.306 e. The van der Waals surface area contributed by atoms with E-state index in [4.69, 9.17) is 0 Å². The zero-order chi connectivity index (χ0) is 15.6. The van der Waals surface area contributed by atoms with Gasteiger partial charge in [0, 0.05) is 6.07 Å². The summed E-state index contributed by atoms with van der Waals surface area (Å²) in [6, 6.07) is 3.09. The molecule has 7 heteroatoms. The number of anilines is 1. The maximum absolute atomic E-state index is 13.4. The van der Waals surface area contributed by atoms with Crippen LogP contribution in [0.15, 0.2) is 30.4 Å². The summed E-state index contributed by atoms with van der Waals surface area (Å²) >= 11 is 0. The molecule has 6 nitrogen and oxygen atoms in total. The van der Waals surface area contributed by atoms with Crippen LogP contribution in [-0.4, -0.2) is 16.7 Å². The summed E-state index contributed by atoms with van der Waals surface area (Å²) in [5.41, 5.74) is -0.673. The molecule has 4 atom stereocenters. The predicted octanol–water partition coefficient (Wildman–Crippen LogP) is 2.68. The molecular formula is C16H15FN2O4. The number of carbonyl (C=O) groups is 2. The Morgan fingerprint density at radius 1 is 1.13 bits per heavy atom. The summed E-state index contributed by atoms with van der Waals surface area (Å²) in [5, 5.41) is 10.8. The molecule has 0 aromatic heterocycles. The van der Waals surface area contributed by atoms with Crippen molar-refractivity contribution in [2.24, 2.45) is 23.7 Å². The Balaban J connectivity index is 0.00000156. The van der Waals surface area contributed by atoms with Crippen molar-refractivity contribution in [2.75, 3.05) is 4.90 Å². The summed E-state index contributed by atoms with van der Waals surface area (Å²) in [6.45, 7) is 0. The Labute approximate surface area is 131 Å². The molecule has 2 bridgehead atoms. The lowest BCUT2D eigenvalue weighted by molar-refractivity contribution is -0.387. The van der Waals surface area contributed by atoms with E-state index in [1.165, 1.54) is 6.07 Å². The van der Waals surface area contributed by atoms with Crippen molar-refractivity contribution >= 4 is 23.2 Å². The van der Waals surface area contributed by atoms with Crippen LogP contribution in [-0.2, 0) is 9.59 Å². The number of imide groups is 1. The molecule has 4 rings (SSSR count). The van der Waals surface area contributed by atoms with Crippen LogP contribution in [0.5, 0.6) is 0 Å². The van der Waals surface area contributed by atoms with Gasteiger partial charge in [-0.05, 0) is 30.4 Å². The average Bonchev–Trinajstić information content (AvgIpc) is 3.14. The first-order chi connectivity index (χ1) is 10.5. The second-order valence-electron chi connectivity index (χ2n) is 5.90. The maximum Gasteiger partial charge on any atom is 0.306 e. The quantitative estimate of drug-likeness (QED) is 0.363. The Morgan fingerprint density at radius 3 is 2.22 bits per heavy atom. The van der Waals surface area contributed by atoms with E-state index in [-0.39, 0.29) is 48.6 Å². The Bertz CT molecular complexity index is 730. The number of carbonyl (C=O) groups excluding carboxylic acids is 2.